The Morgan fingerprint density at radius 3 is 1.89 bits per heavy atom. The fourth-order valence-corrected chi connectivity index (χ4v) is 5.51. The Bertz CT molecular complexity index is 490. The van der Waals surface area contributed by atoms with E-state index in [1.807, 2.05) is 0 Å². The van der Waals surface area contributed by atoms with Crippen LogP contribution < -0.4 is 5.32 Å². The van der Waals surface area contributed by atoms with E-state index in [9.17, 15) is 9.59 Å². The number of amides is 1. The number of unbranched alkanes of at least 4 members (excludes halogenated alkanes) is 13. The molecule has 1 amide bonds. The van der Waals surface area contributed by atoms with Crippen molar-refractivity contribution in [2.24, 2.45) is 5.92 Å². The van der Waals surface area contributed by atoms with E-state index in [-0.39, 0.29) is 5.91 Å². The maximum absolute atomic E-state index is 12.5. The minimum absolute atomic E-state index is 0.257. The topological polar surface area (TPSA) is 49.4 Å². The maximum Gasteiger partial charge on any atom is 0.220 e. The van der Waals surface area contributed by atoms with Crippen LogP contribution in [0.4, 0.5) is 0 Å². The highest BCUT2D eigenvalue weighted by molar-refractivity contribution is 5.75. The molecule has 36 heavy (non-hydrogen) atoms. The first-order valence-electron chi connectivity index (χ1n) is 16.2. The van der Waals surface area contributed by atoms with Crippen LogP contribution in [-0.2, 0) is 9.59 Å². The molecular weight excluding hydrogens is 444 g/mol. The average molecular weight is 507 g/mol. The van der Waals surface area contributed by atoms with E-state index < -0.39 is 0 Å². The molecule has 1 saturated carbocycles. The maximum atomic E-state index is 12.5. The second-order valence-corrected chi connectivity index (χ2v) is 11.5. The molecule has 212 valence electrons. The first kappa shape index (κ1) is 33.1. The summed E-state index contributed by atoms with van der Waals surface area (Å²) in [5, 5.41) is 3.29. The zero-order chi connectivity index (χ0) is 26.1. The van der Waals surface area contributed by atoms with E-state index in [0.717, 1.165) is 51.2 Å². The van der Waals surface area contributed by atoms with Gasteiger partial charge in [-0.1, -0.05) is 104 Å². The van der Waals surface area contributed by atoms with Crippen molar-refractivity contribution >= 4 is 12.2 Å². The predicted octanol–water partition coefficient (Wildman–Crippen LogP) is 8.61. The Kier molecular flexibility index (Phi) is 22.5. The zero-order valence-corrected chi connectivity index (χ0v) is 24.4. The number of nitrogens with one attached hydrogen (secondary N) is 1. The number of hydrogen-bond donors (Lipinski definition) is 1. The molecule has 0 atom stereocenters. The second-order valence-electron chi connectivity index (χ2n) is 11.5. The number of rotatable bonds is 27. The zero-order valence-electron chi connectivity index (χ0n) is 24.4. The van der Waals surface area contributed by atoms with E-state index in [0.29, 0.717) is 18.8 Å². The van der Waals surface area contributed by atoms with Crippen molar-refractivity contribution in [3.8, 4) is 0 Å². The van der Waals surface area contributed by atoms with Gasteiger partial charge >= 0.3 is 0 Å². The summed E-state index contributed by atoms with van der Waals surface area (Å²) in [5.41, 5.74) is 0. The van der Waals surface area contributed by atoms with Gasteiger partial charge in [0.05, 0.1) is 0 Å². The van der Waals surface area contributed by atoms with Gasteiger partial charge in [0, 0.05) is 25.4 Å². The Balaban J connectivity index is 2.20. The number of aldehydes is 1. The van der Waals surface area contributed by atoms with Gasteiger partial charge in [-0.25, -0.2) is 0 Å². The van der Waals surface area contributed by atoms with Gasteiger partial charge < -0.3 is 15.0 Å². The Hall–Kier alpha value is -0.900. The molecule has 0 unspecified atom stereocenters. The minimum Gasteiger partial charge on any atom is -0.356 e. The van der Waals surface area contributed by atoms with Crippen molar-refractivity contribution in [1.29, 1.82) is 0 Å². The molecule has 0 aromatic carbocycles. The summed E-state index contributed by atoms with van der Waals surface area (Å²) in [7, 11) is 0. The lowest BCUT2D eigenvalue weighted by Gasteiger charge is -2.37. The Labute approximate surface area is 225 Å². The van der Waals surface area contributed by atoms with Crippen LogP contribution in [0.3, 0.4) is 0 Å². The second kappa shape index (κ2) is 24.4. The van der Waals surface area contributed by atoms with E-state index in [1.54, 1.807) is 0 Å². The van der Waals surface area contributed by atoms with Crippen molar-refractivity contribution < 1.29 is 9.59 Å². The van der Waals surface area contributed by atoms with Crippen LogP contribution in [0, 0.1) is 5.92 Å². The molecule has 0 aliphatic heterocycles. The van der Waals surface area contributed by atoms with Gasteiger partial charge in [-0.3, -0.25) is 4.79 Å². The molecule has 1 aliphatic rings. The van der Waals surface area contributed by atoms with Crippen LogP contribution in [0.15, 0.2) is 0 Å². The van der Waals surface area contributed by atoms with Gasteiger partial charge in [-0.15, -0.1) is 0 Å². The molecule has 0 aromatic rings. The van der Waals surface area contributed by atoms with Gasteiger partial charge in [0.2, 0.25) is 5.91 Å². The number of nitrogens with zero attached hydrogens (tertiary/aromatic N) is 1. The van der Waals surface area contributed by atoms with Crippen LogP contribution in [0.25, 0.3) is 0 Å². The van der Waals surface area contributed by atoms with Gasteiger partial charge in [0.15, 0.2) is 0 Å². The van der Waals surface area contributed by atoms with E-state index in [2.05, 4.69) is 24.1 Å². The third-order valence-electron chi connectivity index (χ3n) is 8.23. The molecule has 0 saturated heterocycles. The third kappa shape index (κ3) is 18.4. The minimum atomic E-state index is 0.257. The highest BCUT2D eigenvalue weighted by Gasteiger charge is 2.23. The molecule has 4 heteroatoms. The van der Waals surface area contributed by atoms with Gasteiger partial charge in [0.1, 0.15) is 6.29 Å². The van der Waals surface area contributed by atoms with Gasteiger partial charge in [-0.05, 0) is 64.0 Å². The molecular formula is C32H62N2O2. The lowest BCUT2D eigenvalue weighted by molar-refractivity contribution is -0.121. The van der Waals surface area contributed by atoms with E-state index in [1.165, 1.54) is 116 Å². The summed E-state index contributed by atoms with van der Waals surface area (Å²) in [6.45, 7) is 7.63. The van der Waals surface area contributed by atoms with E-state index >= 15 is 0 Å². The van der Waals surface area contributed by atoms with Crippen LogP contribution in [0.1, 0.15) is 162 Å². The lowest BCUT2D eigenvalue weighted by Crippen LogP contribution is -2.41. The summed E-state index contributed by atoms with van der Waals surface area (Å²) in [4.78, 5) is 25.8. The Morgan fingerprint density at radius 1 is 0.778 bits per heavy atom. The summed E-state index contributed by atoms with van der Waals surface area (Å²) in [5.74, 6) is 0.918. The number of carbonyl (C=O) groups is 2. The Morgan fingerprint density at radius 2 is 1.33 bits per heavy atom. The highest BCUT2D eigenvalue weighted by Crippen LogP contribution is 2.25. The quantitative estimate of drug-likeness (QED) is 0.0896. The summed E-state index contributed by atoms with van der Waals surface area (Å²) < 4.78 is 0. The van der Waals surface area contributed by atoms with Crippen molar-refractivity contribution in [3.05, 3.63) is 0 Å². The van der Waals surface area contributed by atoms with Crippen molar-refractivity contribution in [1.82, 2.24) is 10.2 Å². The molecule has 0 bridgehead atoms. The largest absolute Gasteiger partial charge is 0.356 e. The van der Waals surface area contributed by atoms with Crippen molar-refractivity contribution in [2.75, 3.05) is 19.6 Å². The van der Waals surface area contributed by atoms with Gasteiger partial charge in [0.25, 0.3) is 0 Å². The number of carbonyl (C=O) groups excluding carboxylic acids is 2. The highest BCUT2D eigenvalue weighted by atomic mass is 16.1. The number of hydrogen-bond acceptors (Lipinski definition) is 3. The fraction of sp³-hybridized carbons (Fsp3) is 0.938. The SMILES string of the molecule is CCCCCCCCC(CCCCCCCC)CNC(=O)CCCCCN(CCCC=O)C1CCC1. The molecule has 0 aromatic heterocycles. The molecule has 4 nitrogen and oxygen atoms in total. The van der Waals surface area contributed by atoms with Crippen LogP contribution in [0.2, 0.25) is 0 Å². The fourth-order valence-electron chi connectivity index (χ4n) is 5.51. The third-order valence-corrected chi connectivity index (χ3v) is 8.23. The summed E-state index contributed by atoms with van der Waals surface area (Å²) >= 11 is 0. The van der Waals surface area contributed by atoms with E-state index in [4.69, 9.17) is 0 Å². The van der Waals surface area contributed by atoms with Crippen LogP contribution in [-0.4, -0.2) is 42.8 Å². The van der Waals surface area contributed by atoms with Crippen LogP contribution >= 0.6 is 0 Å². The normalized spacial score (nSPS) is 13.9. The molecule has 0 spiro atoms. The molecule has 1 fully saturated rings. The van der Waals surface area contributed by atoms with Gasteiger partial charge in [-0.2, -0.15) is 0 Å². The first-order valence-corrected chi connectivity index (χ1v) is 16.2. The summed E-state index contributed by atoms with van der Waals surface area (Å²) in [6, 6.07) is 0.746. The molecule has 0 heterocycles. The monoisotopic (exact) mass is 506 g/mol. The van der Waals surface area contributed by atoms with Crippen molar-refractivity contribution in [3.63, 3.8) is 0 Å². The smallest absolute Gasteiger partial charge is 0.220 e. The van der Waals surface area contributed by atoms with Crippen LogP contribution in [0.5, 0.6) is 0 Å². The average Bonchev–Trinajstić information content (AvgIpc) is 2.84. The molecule has 0 radical (unpaired) electrons. The lowest BCUT2D eigenvalue weighted by atomic mass is 9.91. The molecule has 1 N–H and O–H groups in total. The van der Waals surface area contributed by atoms with Crippen molar-refractivity contribution in [2.45, 2.75) is 168 Å². The molecule has 1 aliphatic carbocycles. The molecule has 1 rings (SSSR count). The first-order chi connectivity index (χ1) is 17.7. The predicted molar refractivity (Wildman–Crippen MR) is 155 cm³/mol. The standard InChI is InChI=1S/C32H62N2O2/c1-3-5-7-9-11-14-21-30(22-15-12-10-8-6-4-2)29-33-32(36)25-16-13-17-26-34(27-18-19-28-35)31-23-20-24-31/h28,30-31H,3-27,29H2,1-2H3,(H,33,36). The summed E-state index contributed by atoms with van der Waals surface area (Å²) in [6.07, 6.45) is 29.5.